The highest BCUT2D eigenvalue weighted by molar-refractivity contribution is 9.10. The third-order valence-corrected chi connectivity index (χ3v) is 10.4. The number of fused-ring (bicyclic) bond motifs is 5. The number of rotatable bonds is 2. The maximum absolute atomic E-state index is 10.2. The topological polar surface area (TPSA) is 32.6 Å². The molecule has 4 aliphatic carbocycles. The van der Waals surface area contributed by atoms with Gasteiger partial charge in [-0.05, 0) is 104 Å². The number of nitrogens with zero attached hydrogens (tertiary/aromatic N) is 1. The van der Waals surface area contributed by atoms with Crippen molar-refractivity contribution in [1.82, 2.24) is 0 Å². The first-order valence-electron chi connectivity index (χ1n) is 11.9. The predicted octanol–water partition coefficient (Wildman–Crippen LogP) is 7.38. The summed E-state index contributed by atoms with van der Waals surface area (Å²) < 4.78 is 0.991. The fraction of sp³-hybridized carbons (Fsp3) is 0.731. The Bertz CT molecular complexity index is 806. The highest BCUT2D eigenvalue weighted by Gasteiger charge is 2.59. The molecule has 0 bridgehead atoms. The highest BCUT2D eigenvalue weighted by atomic mass is 79.9. The van der Waals surface area contributed by atoms with Crippen molar-refractivity contribution < 1.29 is 5.11 Å². The van der Waals surface area contributed by atoms with Crippen molar-refractivity contribution in [3.05, 3.63) is 28.2 Å². The molecule has 7 atom stereocenters. The molecule has 0 aliphatic heterocycles. The van der Waals surface area contributed by atoms with Crippen LogP contribution in [0.25, 0.3) is 0 Å². The molecule has 0 radical (unpaired) electrons. The summed E-state index contributed by atoms with van der Waals surface area (Å²) in [4.78, 5) is 5.08. The lowest BCUT2D eigenvalue weighted by molar-refractivity contribution is -0.105. The summed E-state index contributed by atoms with van der Waals surface area (Å²) in [7, 11) is 0. The SMILES string of the molecule is C[C@]12CCCC[C@@H]1CC[C@H]1[C@@H]2CC[C@@]2(C)[C@H](N=Cc3cc(Br)ccc3O)CC[C@@H]12. The molecule has 2 nitrogen and oxygen atoms in total. The zero-order chi connectivity index (χ0) is 20.2. The molecule has 158 valence electrons. The molecule has 4 saturated carbocycles. The zero-order valence-corrected chi connectivity index (χ0v) is 19.6. The first kappa shape index (κ1) is 20.1. The van der Waals surface area contributed by atoms with Crippen molar-refractivity contribution in [2.75, 3.05) is 0 Å². The number of benzene rings is 1. The van der Waals surface area contributed by atoms with Crippen LogP contribution in [0, 0.1) is 34.5 Å². The van der Waals surface area contributed by atoms with E-state index in [1.165, 1.54) is 64.2 Å². The average Bonchev–Trinajstić information content (AvgIpc) is 3.04. The third kappa shape index (κ3) is 3.22. The summed E-state index contributed by atoms with van der Waals surface area (Å²) in [5, 5.41) is 10.2. The second-order valence-electron chi connectivity index (χ2n) is 11.0. The Morgan fingerprint density at radius 1 is 0.966 bits per heavy atom. The van der Waals surface area contributed by atoms with Gasteiger partial charge in [0.25, 0.3) is 0 Å². The van der Waals surface area contributed by atoms with Gasteiger partial charge in [0.15, 0.2) is 0 Å². The number of aliphatic imine (C=N–C) groups is 1. The second kappa shape index (κ2) is 7.39. The fourth-order valence-electron chi connectivity index (χ4n) is 8.31. The lowest BCUT2D eigenvalue weighted by atomic mass is 9.45. The first-order valence-corrected chi connectivity index (χ1v) is 12.7. The minimum atomic E-state index is 0.323. The lowest BCUT2D eigenvalue weighted by Gasteiger charge is -2.60. The van der Waals surface area contributed by atoms with Gasteiger partial charge in [0.05, 0.1) is 6.04 Å². The van der Waals surface area contributed by atoms with Crippen molar-refractivity contribution in [3.63, 3.8) is 0 Å². The van der Waals surface area contributed by atoms with Crippen LogP contribution in [0.15, 0.2) is 27.7 Å². The molecule has 4 fully saturated rings. The van der Waals surface area contributed by atoms with E-state index in [4.69, 9.17) is 4.99 Å². The highest BCUT2D eigenvalue weighted by Crippen LogP contribution is 2.66. The molecule has 0 heterocycles. The summed E-state index contributed by atoms with van der Waals surface area (Å²) in [5.74, 6) is 4.05. The Morgan fingerprint density at radius 3 is 2.66 bits per heavy atom. The Morgan fingerprint density at radius 2 is 1.79 bits per heavy atom. The van der Waals surface area contributed by atoms with E-state index in [0.29, 0.717) is 22.6 Å². The van der Waals surface area contributed by atoms with Crippen molar-refractivity contribution in [1.29, 1.82) is 0 Å². The summed E-state index contributed by atoms with van der Waals surface area (Å²) >= 11 is 3.51. The van der Waals surface area contributed by atoms with E-state index >= 15 is 0 Å². The smallest absolute Gasteiger partial charge is 0.124 e. The summed E-state index contributed by atoms with van der Waals surface area (Å²) in [6.07, 6.45) is 16.1. The summed E-state index contributed by atoms with van der Waals surface area (Å²) in [6, 6.07) is 6.00. The van der Waals surface area contributed by atoms with Crippen LogP contribution in [0.4, 0.5) is 0 Å². The molecule has 1 aromatic carbocycles. The van der Waals surface area contributed by atoms with Gasteiger partial charge in [-0.1, -0.05) is 42.6 Å². The Balaban J connectivity index is 1.37. The molecule has 0 spiro atoms. The maximum Gasteiger partial charge on any atom is 0.124 e. The van der Waals surface area contributed by atoms with Crippen molar-refractivity contribution in [2.24, 2.45) is 39.5 Å². The number of halogens is 1. The van der Waals surface area contributed by atoms with Crippen LogP contribution in [-0.4, -0.2) is 17.4 Å². The van der Waals surface area contributed by atoms with Crippen LogP contribution < -0.4 is 0 Å². The Hall–Kier alpha value is -0.830. The van der Waals surface area contributed by atoms with Gasteiger partial charge in [0.2, 0.25) is 0 Å². The van der Waals surface area contributed by atoms with E-state index in [1.807, 2.05) is 18.3 Å². The maximum atomic E-state index is 10.2. The molecule has 1 aromatic rings. The molecule has 0 saturated heterocycles. The van der Waals surface area contributed by atoms with Gasteiger partial charge < -0.3 is 5.11 Å². The Labute approximate surface area is 184 Å². The minimum Gasteiger partial charge on any atom is -0.507 e. The standard InChI is InChI=1S/C26H36BrNO/c1-25-13-4-3-5-18(25)6-8-20-21-9-11-24(26(21,2)14-12-22(20)25)28-16-17-15-19(27)7-10-23(17)29/h7,10,15-16,18,20-22,24,29H,3-6,8-9,11-14H2,1-2H3/t18-,20-,21+,22+,24-,25+,26-/m1/s1. The minimum absolute atomic E-state index is 0.323. The summed E-state index contributed by atoms with van der Waals surface area (Å²) in [6.45, 7) is 5.20. The van der Waals surface area contributed by atoms with Crippen LogP contribution in [0.3, 0.4) is 0 Å². The number of phenols is 1. The van der Waals surface area contributed by atoms with E-state index < -0.39 is 0 Å². The van der Waals surface area contributed by atoms with Crippen LogP contribution >= 0.6 is 15.9 Å². The van der Waals surface area contributed by atoms with E-state index in [9.17, 15) is 5.11 Å². The van der Waals surface area contributed by atoms with Gasteiger partial charge in [-0.15, -0.1) is 0 Å². The van der Waals surface area contributed by atoms with Gasteiger partial charge in [0.1, 0.15) is 5.75 Å². The van der Waals surface area contributed by atoms with E-state index in [-0.39, 0.29) is 0 Å². The van der Waals surface area contributed by atoms with Crippen molar-refractivity contribution in [3.8, 4) is 5.75 Å². The van der Waals surface area contributed by atoms with Gasteiger partial charge in [-0.3, -0.25) is 4.99 Å². The van der Waals surface area contributed by atoms with Gasteiger partial charge in [-0.25, -0.2) is 0 Å². The van der Waals surface area contributed by atoms with Crippen molar-refractivity contribution in [2.45, 2.75) is 84.1 Å². The van der Waals surface area contributed by atoms with E-state index in [1.54, 1.807) is 6.07 Å². The number of hydrogen-bond donors (Lipinski definition) is 1. The van der Waals surface area contributed by atoms with Crippen LogP contribution in [0.2, 0.25) is 0 Å². The number of phenolic OH excluding ortho intramolecular Hbond substituents is 1. The van der Waals surface area contributed by atoms with Crippen LogP contribution in [0.1, 0.15) is 83.6 Å². The zero-order valence-electron chi connectivity index (χ0n) is 18.0. The number of hydrogen-bond acceptors (Lipinski definition) is 2. The van der Waals surface area contributed by atoms with Crippen LogP contribution in [-0.2, 0) is 0 Å². The third-order valence-electron chi connectivity index (χ3n) is 9.92. The quantitative estimate of drug-likeness (QED) is 0.461. The Kier molecular flexibility index (Phi) is 5.12. The van der Waals surface area contributed by atoms with Crippen LogP contribution in [0.5, 0.6) is 5.75 Å². The molecule has 29 heavy (non-hydrogen) atoms. The molecular weight excluding hydrogens is 422 g/mol. The average molecular weight is 458 g/mol. The molecule has 0 amide bonds. The molecule has 1 N–H and O–H groups in total. The normalized spacial score (nSPS) is 44.3. The molecule has 0 aromatic heterocycles. The van der Waals surface area contributed by atoms with Crippen molar-refractivity contribution >= 4 is 22.1 Å². The lowest BCUT2D eigenvalue weighted by Crippen LogP contribution is -2.53. The molecule has 4 aliphatic rings. The second-order valence-corrected chi connectivity index (χ2v) is 11.9. The molecule has 3 heteroatoms. The monoisotopic (exact) mass is 457 g/mol. The predicted molar refractivity (Wildman–Crippen MR) is 124 cm³/mol. The van der Waals surface area contributed by atoms with Gasteiger partial charge in [-0.2, -0.15) is 0 Å². The molecule has 0 unspecified atom stereocenters. The van der Waals surface area contributed by atoms with E-state index in [2.05, 4.69) is 29.8 Å². The molecular formula is C26H36BrNO. The largest absolute Gasteiger partial charge is 0.507 e. The van der Waals surface area contributed by atoms with Gasteiger partial charge >= 0.3 is 0 Å². The fourth-order valence-corrected chi connectivity index (χ4v) is 8.69. The summed E-state index contributed by atoms with van der Waals surface area (Å²) in [5.41, 5.74) is 1.79. The number of aromatic hydroxyl groups is 1. The molecule has 5 rings (SSSR count). The van der Waals surface area contributed by atoms with E-state index in [0.717, 1.165) is 33.7 Å². The van der Waals surface area contributed by atoms with Gasteiger partial charge in [0, 0.05) is 16.3 Å². The first-order chi connectivity index (χ1) is 13.9.